The predicted octanol–water partition coefficient (Wildman–Crippen LogP) is -1.98. The minimum atomic E-state index is -4.03. The third kappa shape index (κ3) is 2.39. The lowest BCUT2D eigenvalue weighted by atomic mass is 10.00. The summed E-state index contributed by atoms with van der Waals surface area (Å²) in [5, 5.41) is 38.5. The average molecular weight is 347 g/mol. The van der Waals surface area contributed by atoms with Crippen molar-refractivity contribution in [3.05, 3.63) is 12.7 Å². The summed E-state index contributed by atoms with van der Waals surface area (Å²) in [5.41, 5.74) is 5.54. The summed E-state index contributed by atoms with van der Waals surface area (Å²) in [6, 6.07) is 0. The van der Waals surface area contributed by atoms with Crippen molar-refractivity contribution >= 4 is 17.0 Å². The smallest absolute Gasteiger partial charge is 0.320 e. The van der Waals surface area contributed by atoms with Crippen LogP contribution < -0.4 is 5.73 Å². The molecule has 3 heterocycles. The Labute approximate surface area is 133 Å². The van der Waals surface area contributed by atoms with Gasteiger partial charge in [-0.25, -0.2) is 15.0 Å². The van der Waals surface area contributed by atoms with Gasteiger partial charge in [0, 0.05) is 0 Å². The fourth-order valence-corrected chi connectivity index (χ4v) is 2.56. The molecule has 0 aliphatic carbocycles. The minimum Gasteiger partial charge on any atom is -0.394 e. The van der Waals surface area contributed by atoms with Crippen LogP contribution in [0.4, 0.5) is 14.6 Å². The molecule has 0 unspecified atom stereocenters. The Morgan fingerprint density at radius 1 is 1.21 bits per heavy atom. The fourth-order valence-electron chi connectivity index (χ4n) is 2.56. The van der Waals surface area contributed by atoms with E-state index in [1.165, 1.54) is 0 Å². The van der Waals surface area contributed by atoms with E-state index in [4.69, 9.17) is 10.5 Å². The van der Waals surface area contributed by atoms with E-state index in [0.29, 0.717) is 0 Å². The maximum absolute atomic E-state index is 14.6. The quantitative estimate of drug-likeness (QED) is 0.414. The Kier molecular flexibility index (Phi) is 4.09. The topological polar surface area (TPSA) is 160 Å². The van der Waals surface area contributed by atoms with E-state index in [1.54, 1.807) is 0 Å². The van der Waals surface area contributed by atoms with E-state index in [2.05, 4.69) is 15.0 Å². The Balaban J connectivity index is 2.14. The lowest BCUT2D eigenvalue weighted by Crippen LogP contribution is -2.50. The number of aliphatic hydroxyl groups is 4. The first kappa shape index (κ1) is 16.9. The number of halogens is 2. The Bertz CT molecular complexity index is 744. The van der Waals surface area contributed by atoms with Gasteiger partial charge in [0.1, 0.15) is 30.2 Å². The Morgan fingerprint density at radius 2 is 1.92 bits per heavy atom. The van der Waals surface area contributed by atoms with Crippen LogP contribution in [0, 0.1) is 0 Å². The van der Waals surface area contributed by atoms with Crippen molar-refractivity contribution in [2.24, 2.45) is 0 Å². The van der Waals surface area contributed by atoms with Gasteiger partial charge in [-0.15, -0.1) is 0 Å². The standard InChI is InChI=1S/C12H15F2N5O5/c13-12(14)8(23)7(22)6(21)4(1-20)24-11(12)19-3-18-5-9(15)16-2-17-10(5)19/h2-4,6-8,11,20-23H,1H2,(H2,15,16,17)/t4-,6-,7+,8-,11-/m1/s1. The third-order valence-corrected chi connectivity index (χ3v) is 3.90. The van der Waals surface area contributed by atoms with Crippen LogP contribution in [0.2, 0.25) is 0 Å². The van der Waals surface area contributed by atoms with Crippen LogP contribution in [0.15, 0.2) is 12.7 Å². The molecule has 0 aromatic carbocycles. The number of alkyl halides is 2. The summed E-state index contributed by atoms with van der Waals surface area (Å²) < 4.78 is 35.1. The van der Waals surface area contributed by atoms with E-state index in [0.717, 1.165) is 17.2 Å². The SMILES string of the molecule is Nc1ncnc2c1ncn2[C@@H]1O[C@H](CO)[C@@H](O)[C@H](O)[C@@H](O)C1(F)F. The number of aliphatic hydroxyl groups excluding tert-OH is 4. The van der Waals surface area contributed by atoms with Crippen molar-refractivity contribution in [3.63, 3.8) is 0 Å². The largest absolute Gasteiger partial charge is 0.394 e. The van der Waals surface area contributed by atoms with E-state index in [9.17, 15) is 29.2 Å². The molecular formula is C12H15F2N5O5. The summed E-state index contributed by atoms with van der Waals surface area (Å²) in [6.45, 7) is -0.860. The highest BCUT2D eigenvalue weighted by Gasteiger charge is 2.58. The van der Waals surface area contributed by atoms with E-state index >= 15 is 0 Å². The Hall–Kier alpha value is -1.99. The zero-order valence-corrected chi connectivity index (χ0v) is 12.1. The predicted molar refractivity (Wildman–Crippen MR) is 73.7 cm³/mol. The summed E-state index contributed by atoms with van der Waals surface area (Å²) in [7, 11) is 0. The number of hydrogen-bond acceptors (Lipinski definition) is 9. The second-order valence-electron chi connectivity index (χ2n) is 5.39. The van der Waals surface area contributed by atoms with Gasteiger partial charge in [-0.1, -0.05) is 0 Å². The molecule has 0 spiro atoms. The van der Waals surface area contributed by atoms with Gasteiger partial charge in [0.15, 0.2) is 17.6 Å². The molecule has 1 aliphatic rings. The summed E-state index contributed by atoms with van der Waals surface area (Å²) in [5.74, 6) is -4.08. The molecule has 0 radical (unpaired) electrons. The molecule has 6 N–H and O–H groups in total. The molecule has 24 heavy (non-hydrogen) atoms. The number of rotatable bonds is 2. The maximum Gasteiger partial charge on any atom is 0.320 e. The number of ether oxygens (including phenoxy) is 1. The molecule has 1 fully saturated rings. The molecule has 132 valence electrons. The molecule has 2 aromatic heterocycles. The molecule has 1 saturated heterocycles. The average Bonchev–Trinajstić information content (AvgIpc) is 2.96. The van der Waals surface area contributed by atoms with Crippen molar-refractivity contribution in [2.75, 3.05) is 12.3 Å². The molecular weight excluding hydrogens is 332 g/mol. The lowest BCUT2D eigenvalue weighted by Gasteiger charge is -2.30. The fraction of sp³-hybridized carbons (Fsp3) is 0.583. The summed E-state index contributed by atoms with van der Waals surface area (Å²) >= 11 is 0. The first-order valence-electron chi connectivity index (χ1n) is 6.90. The first-order chi connectivity index (χ1) is 11.3. The van der Waals surface area contributed by atoms with Crippen LogP contribution in [0.3, 0.4) is 0 Å². The molecule has 0 saturated carbocycles. The molecule has 5 atom stereocenters. The minimum absolute atomic E-state index is 0.0392. The second kappa shape index (κ2) is 5.82. The number of nitrogens with zero attached hydrogens (tertiary/aromatic N) is 4. The van der Waals surface area contributed by atoms with Crippen LogP contribution in [-0.4, -0.2) is 76.9 Å². The van der Waals surface area contributed by atoms with Crippen LogP contribution in [0.1, 0.15) is 6.23 Å². The third-order valence-electron chi connectivity index (χ3n) is 3.90. The zero-order chi connectivity index (χ0) is 17.6. The monoisotopic (exact) mass is 347 g/mol. The van der Waals surface area contributed by atoms with Gasteiger partial charge >= 0.3 is 5.92 Å². The van der Waals surface area contributed by atoms with E-state index < -0.39 is 43.2 Å². The highest BCUT2D eigenvalue weighted by Crippen LogP contribution is 2.40. The zero-order valence-electron chi connectivity index (χ0n) is 12.1. The van der Waals surface area contributed by atoms with Gasteiger partial charge in [-0.2, -0.15) is 8.78 Å². The van der Waals surface area contributed by atoms with Crippen LogP contribution >= 0.6 is 0 Å². The second-order valence-corrected chi connectivity index (χ2v) is 5.39. The van der Waals surface area contributed by atoms with Crippen molar-refractivity contribution in [1.82, 2.24) is 19.5 Å². The normalized spacial score (nSPS) is 33.5. The molecule has 0 amide bonds. The number of aromatic nitrogens is 4. The molecule has 10 nitrogen and oxygen atoms in total. The van der Waals surface area contributed by atoms with Crippen LogP contribution in [0.25, 0.3) is 11.2 Å². The van der Waals surface area contributed by atoms with Gasteiger partial charge in [0.05, 0.1) is 12.9 Å². The van der Waals surface area contributed by atoms with Gasteiger partial charge in [0.2, 0.25) is 6.23 Å². The van der Waals surface area contributed by atoms with Gasteiger partial charge in [-0.3, -0.25) is 4.57 Å². The van der Waals surface area contributed by atoms with Crippen molar-refractivity contribution in [1.29, 1.82) is 0 Å². The van der Waals surface area contributed by atoms with Gasteiger partial charge in [0.25, 0.3) is 0 Å². The van der Waals surface area contributed by atoms with Crippen LogP contribution in [0.5, 0.6) is 0 Å². The van der Waals surface area contributed by atoms with Crippen molar-refractivity contribution in [2.45, 2.75) is 36.6 Å². The highest BCUT2D eigenvalue weighted by molar-refractivity contribution is 5.81. The first-order valence-corrected chi connectivity index (χ1v) is 6.90. The number of nitrogens with two attached hydrogens (primary N) is 1. The maximum atomic E-state index is 14.6. The van der Waals surface area contributed by atoms with Crippen molar-refractivity contribution in [3.8, 4) is 0 Å². The van der Waals surface area contributed by atoms with Gasteiger partial charge in [-0.05, 0) is 0 Å². The van der Waals surface area contributed by atoms with Crippen molar-refractivity contribution < 1.29 is 33.9 Å². The van der Waals surface area contributed by atoms with E-state index in [1.807, 2.05) is 0 Å². The highest BCUT2D eigenvalue weighted by atomic mass is 19.3. The molecule has 0 bridgehead atoms. The van der Waals surface area contributed by atoms with Gasteiger partial charge < -0.3 is 30.9 Å². The molecule has 1 aliphatic heterocycles. The van der Waals surface area contributed by atoms with E-state index in [-0.39, 0.29) is 17.0 Å². The number of hydrogen-bond donors (Lipinski definition) is 5. The molecule has 3 rings (SSSR count). The number of nitrogen functional groups attached to an aromatic ring is 1. The lowest BCUT2D eigenvalue weighted by molar-refractivity contribution is -0.230. The molecule has 12 heteroatoms. The molecule has 2 aromatic rings. The Morgan fingerprint density at radius 3 is 2.58 bits per heavy atom. The summed E-state index contributed by atoms with van der Waals surface area (Å²) in [6.07, 6.45) is -8.56. The van der Waals surface area contributed by atoms with Crippen LogP contribution in [-0.2, 0) is 4.74 Å². The summed E-state index contributed by atoms with van der Waals surface area (Å²) in [4.78, 5) is 11.3. The number of imidazole rings is 1. The number of anilines is 1. The number of fused-ring (bicyclic) bond motifs is 1.